The van der Waals surface area contributed by atoms with E-state index in [1.54, 1.807) is 17.8 Å². The average Bonchev–Trinajstić information content (AvgIpc) is 2.89. The van der Waals surface area contributed by atoms with Gasteiger partial charge in [-0.25, -0.2) is 4.79 Å². The molecule has 0 bridgehead atoms. The molecule has 1 aromatic carbocycles. The van der Waals surface area contributed by atoms with Crippen molar-refractivity contribution in [1.29, 1.82) is 0 Å². The molecule has 0 spiro atoms. The summed E-state index contributed by atoms with van der Waals surface area (Å²) in [4.78, 5) is 25.2. The minimum absolute atomic E-state index is 0.203. The van der Waals surface area contributed by atoms with Gasteiger partial charge in [0.2, 0.25) is 0 Å². The number of thioether (sulfide) groups is 1. The van der Waals surface area contributed by atoms with Crippen molar-refractivity contribution in [3.05, 3.63) is 35.6 Å². The van der Waals surface area contributed by atoms with Crippen LogP contribution in [0.1, 0.15) is 16.1 Å². The molecule has 3 rings (SSSR count). The largest absolute Gasteiger partial charge is 0.480 e. The molecule has 1 atom stereocenters. The highest BCUT2D eigenvalue weighted by atomic mass is 32.2. The highest BCUT2D eigenvalue weighted by molar-refractivity contribution is 7.99. The number of carboxylic acids is 1. The van der Waals surface area contributed by atoms with Crippen LogP contribution in [0.3, 0.4) is 0 Å². The lowest BCUT2D eigenvalue weighted by atomic mass is 10.2. The van der Waals surface area contributed by atoms with Crippen molar-refractivity contribution in [1.82, 2.24) is 4.90 Å². The minimum atomic E-state index is -0.970. The first-order chi connectivity index (χ1) is 10.1. The number of rotatable bonds is 2. The Bertz CT molecular complexity index is 709. The van der Waals surface area contributed by atoms with Gasteiger partial charge in [0, 0.05) is 23.4 Å². The molecule has 1 N–H and O–H groups in total. The molecule has 1 unspecified atom stereocenters. The Morgan fingerprint density at radius 2 is 2.19 bits per heavy atom. The summed E-state index contributed by atoms with van der Waals surface area (Å²) in [5, 5.41) is 10.1. The Labute approximate surface area is 125 Å². The van der Waals surface area contributed by atoms with Crippen molar-refractivity contribution in [2.24, 2.45) is 0 Å². The molecule has 1 amide bonds. The SMILES string of the molecule is Cc1ccc2oc(C(=O)N3CCSCC3C(=O)O)cc2c1. The Kier molecular flexibility index (Phi) is 3.63. The number of furan rings is 1. The van der Waals surface area contributed by atoms with Crippen LogP contribution < -0.4 is 0 Å². The normalized spacial score (nSPS) is 18.9. The molecule has 1 aliphatic rings. The summed E-state index contributed by atoms with van der Waals surface area (Å²) in [6.45, 7) is 2.40. The first-order valence-corrected chi connectivity index (χ1v) is 7.83. The van der Waals surface area contributed by atoms with Crippen LogP contribution in [0.4, 0.5) is 0 Å². The number of aryl methyl sites for hydroxylation is 1. The molecule has 0 aliphatic carbocycles. The summed E-state index contributed by atoms with van der Waals surface area (Å²) >= 11 is 1.55. The number of carbonyl (C=O) groups is 2. The minimum Gasteiger partial charge on any atom is -0.480 e. The maximum atomic E-state index is 12.5. The van der Waals surface area contributed by atoms with Crippen molar-refractivity contribution >= 4 is 34.6 Å². The van der Waals surface area contributed by atoms with Crippen LogP contribution in [0.5, 0.6) is 0 Å². The van der Waals surface area contributed by atoms with E-state index in [1.807, 2.05) is 25.1 Å². The van der Waals surface area contributed by atoms with Crippen molar-refractivity contribution < 1.29 is 19.1 Å². The fourth-order valence-corrected chi connectivity index (χ4v) is 3.50. The van der Waals surface area contributed by atoms with Gasteiger partial charge < -0.3 is 14.4 Å². The van der Waals surface area contributed by atoms with Gasteiger partial charge in [-0.05, 0) is 25.1 Å². The van der Waals surface area contributed by atoms with E-state index in [2.05, 4.69) is 0 Å². The van der Waals surface area contributed by atoms with E-state index >= 15 is 0 Å². The number of nitrogens with zero attached hydrogens (tertiary/aromatic N) is 1. The number of aliphatic carboxylic acids is 1. The van der Waals surface area contributed by atoms with E-state index in [0.717, 1.165) is 16.7 Å². The van der Waals surface area contributed by atoms with Crippen molar-refractivity contribution in [3.63, 3.8) is 0 Å². The number of carboxylic acid groups (broad SMARTS) is 1. The first kappa shape index (κ1) is 14.0. The van der Waals surface area contributed by atoms with Crippen LogP contribution in [0, 0.1) is 6.92 Å². The van der Waals surface area contributed by atoms with E-state index < -0.39 is 12.0 Å². The predicted molar refractivity (Wildman–Crippen MR) is 80.7 cm³/mol. The van der Waals surface area contributed by atoms with Gasteiger partial charge in [-0.15, -0.1) is 0 Å². The fraction of sp³-hybridized carbons (Fsp3) is 0.333. The highest BCUT2D eigenvalue weighted by Gasteiger charge is 2.34. The maximum Gasteiger partial charge on any atom is 0.327 e. The number of fused-ring (bicyclic) bond motifs is 1. The fourth-order valence-electron chi connectivity index (χ4n) is 2.46. The summed E-state index contributed by atoms with van der Waals surface area (Å²) in [5.41, 5.74) is 1.72. The van der Waals surface area contributed by atoms with E-state index in [0.29, 0.717) is 17.9 Å². The lowest BCUT2D eigenvalue weighted by Gasteiger charge is -2.31. The monoisotopic (exact) mass is 305 g/mol. The van der Waals surface area contributed by atoms with Crippen LogP contribution in [0.25, 0.3) is 11.0 Å². The van der Waals surface area contributed by atoms with Gasteiger partial charge in [-0.1, -0.05) is 11.6 Å². The molecule has 2 heterocycles. The second-order valence-electron chi connectivity index (χ2n) is 5.08. The number of amides is 1. The van der Waals surface area contributed by atoms with E-state index in [1.165, 1.54) is 4.90 Å². The third-order valence-corrected chi connectivity index (χ3v) is 4.58. The standard InChI is InChI=1S/C15H15NO4S/c1-9-2-3-12-10(6-9)7-13(20-12)14(17)16-4-5-21-8-11(16)15(18)19/h2-3,6-7,11H,4-5,8H2,1H3,(H,18,19). The van der Waals surface area contributed by atoms with Gasteiger partial charge in [-0.2, -0.15) is 11.8 Å². The molecule has 0 radical (unpaired) electrons. The molecule has 6 heteroatoms. The molecule has 0 saturated carbocycles. The molecular formula is C15H15NO4S. The van der Waals surface area contributed by atoms with Gasteiger partial charge in [0.15, 0.2) is 5.76 Å². The summed E-state index contributed by atoms with van der Waals surface area (Å²) in [6, 6.07) is 6.58. The smallest absolute Gasteiger partial charge is 0.327 e. The molecular weight excluding hydrogens is 290 g/mol. The first-order valence-electron chi connectivity index (χ1n) is 6.68. The molecule has 110 valence electrons. The van der Waals surface area contributed by atoms with Crippen LogP contribution in [-0.4, -0.2) is 46.0 Å². The predicted octanol–water partition coefficient (Wildman–Crippen LogP) is 2.38. The van der Waals surface area contributed by atoms with Crippen LogP contribution in [0.2, 0.25) is 0 Å². The molecule has 1 aliphatic heterocycles. The lowest BCUT2D eigenvalue weighted by molar-refractivity contribution is -0.141. The van der Waals surface area contributed by atoms with Crippen LogP contribution in [0.15, 0.2) is 28.7 Å². The zero-order valence-electron chi connectivity index (χ0n) is 11.5. The quantitative estimate of drug-likeness (QED) is 0.922. The van der Waals surface area contributed by atoms with Crippen molar-refractivity contribution in [2.45, 2.75) is 13.0 Å². The summed E-state index contributed by atoms with van der Waals surface area (Å²) in [5.74, 6) is 0.0442. The van der Waals surface area contributed by atoms with Crippen molar-refractivity contribution in [3.8, 4) is 0 Å². The zero-order chi connectivity index (χ0) is 15.0. The topological polar surface area (TPSA) is 70.8 Å². The van der Waals surface area contributed by atoms with Crippen LogP contribution in [-0.2, 0) is 4.79 Å². The third kappa shape index (κ3) is 2.63. The molecule has 1 aromatic heterocycles. The van der Waals surface area contributed by atoms with Crippen molar-refractivity contribution in [2.75, 3.05) is 18.1 Å². The van der Waals surface area contributed by atoms with E-state index in [4.69, 9.17) is 4.42 Å². The summed E-state index contributed by atoms with van der Waals surface area (Å²) in [7, 11) is 0. The van der Waals surface area contributed by atoms with Gasteiger partial charge >= 0.3 is 5.97 Å². The molecule has 21 heavy (non-hydrogen) atoms. The number of benzene rings is 1. The average molecular weight is 305 g/mol. The van der Waals surface area contributed by atoms with Crippen LogP contribution >= 0.6 is 11.8 Å². The van der Waals surface area contributed by atoms with Gasteiger partial charge in [0.25, 0.3) is 5.91 Å². The van der Waals surface area contributed by atoms with Gasteiger partial charge in [0.05, 0.1) is 0 Å². The molecule has 5 nitrogen and oxygen atoms in total. The molecule has 1 fully saturated rings. The van der Waals surface area contributed by atoms with Gasteiger partial charge in [0.1, 0.15) is 11.6 Å². The third-order valence-electron chi connectivity index (χ3n) is 3.56. The summed E-state index contributed by atoms with van der Waals surface area (Å²) < 4.78 is 5.58. The van der Waals surface area contributed by atoms with Gasteiger partial charge in [-0.3, -0.25) is 4.79 Å². The number of hydrogen-bond donors (Lipinski definition) is 1. The summed E-state index contributed by atoms with van der Waals surface area (Å²) in [6.07, 6.45) is 0. The second-order valence-corrected chi connectivity index (χ2v) is 6.23. The Balaban J connectivity index is 1.93. The Morgan fingerprint density at radius 1 is 1.38 bits per heavy atom. The molecule has 2 aromatic rings. The second kappa shape index (κ2) is 5.44. The maximum absolute atomic E-state index is 12.5. The van der Waals surface area contributed by atoms with E-state index in [9.17, 15) is 14.7 Å². The lowest BCUT2D eigenvalue weighted by Crippen LogP contribution is -2.50. The number of carbonyl (C=O) groups excluding carboxylic acids is 1. The van der Waals surface area contributed by atoms with E-state index in [-0.39, 0.29) is 11.7 Å². The molecule has 1 saturated heterocycles. The zero-order valence-corrected chi connectivity index (χ0v) is 12.4. The number of hydrogen-bond acceptors (Lipinski definition) is 4. The Morgan fingerprint density at radius 3 is 2.95 bits per heavy atom. The Hall–Kier alpha value is -1.95. The highest BCUT2D eigenvalue weighted by Crippen LogP contribution is 2.24.